The maximum Gasteiger partial charge on any atom is 0.416 e. The lowest BCUT2D eigenvalue weighted by Gasteiger charge is -2.05. The van der Waals surface area contributed by atoms with Gasteiger partial charge in [0.25, 0.3) is 0 Å². The summed E-state index contributed by atoms with van der Waals surface area (Å²) in [5, 5.41) is 4.12. The van der Waals surface area contributed by atoms with Crippen LogP contribution in [0.2, 0.25) is 0 Å². The van der Waals surface area contributed by atoms with Crippen LogP contribution in [0, 0.1) is 6.20 Å². The predicted molar refractivity (Wildman–Crippen MR) is 44.6 cm³/mol. The lowest BCUT2D eigenvalue weighted by molar-refractivity contribution is -0.137. The monoisotopic (exact) mass is 199 g/mol. The third-order valence-electron chi connectivity index (χ3n) is 1.99. The van der Waals surface area contributed by atoms with Gasteiger partial charge in [-0.25, -0.2) is 0 Å². The number of fused-ring (bicyclic) bond motifs is 1. The third kappa shape index (κ3) is 1.34. The van der Waals surface area contributed by atoms with E-state index in [9.17, 15) is 13.2 Å². The summed E-state index contributed by atoms with van der Waals surface area (Å²) in [6, 6.07) is 3.47. The largest absolute Gasteiger partial charge is 0.416 e. The van der Waals surface area contributed by atoms with Gasteiger partial charge in [-0.05, 0) is 18.2 Å². The van der Waals surface area contributed by atoms with Gasteiger partial charge >= 0.3 is 6.18 Å². The molecule has 73 valence electrons. The fourth-order valence-corrected chi connectivity index (χ4v) is 1.27. The van der Waals surface area contributed by atoms with Crippen LogP contribution in [-0.2, 0) is 13.2 Å². The number of rotatable bonds is 0. The van der Waals surface area contributed by atoms with Crippen molar-refractivity contribution in [2.24, 2.45) is 7.05 Å². The molecule has 1 heterocycles. The van der Waals surface area contributed by atoms with Gasteiger partial charge < -0.3 is 0 Å². The van der Waals surface area contributed by atoms with E-state index >= 15 is 0 Å². The molecule has 0 unspecified atom stereocenters. The van der Waals surface area contributed by atoms with Crippen LogP contribution in [0.5, 0.6) is 0 Å². The summed E-state index contributed by atoms with van der Waals surface area (Å²) < 4.78 is 38.3. The Balaban J connectivity index is 2.63. The Bertz CT molecular complexity index is 470. The fourth-order valence-electron chi connectivity index (χ4n) is 1.27. The Morgan fingerprint density at radius 3 is 2.71 bits per heavy atom. The minimum absolute atomic E-state index is 0.377. The number of alkyl halides is 3. The Kier molecular flexibility index (Phi) is 1.77. The standard InChI is InChI=1S/C9H6F3N2/c1-14-8-3-2-7(9(10,11)12)4-6(8)5-13-14/h2-4H,1H3. The normalized spacial score (nSPS) is 12.3. The van der Waals surface area contributed by atoms with E-state index in [1.165, 1.54) is 10.7 Å². The van der Waals surface area contributed by atoms with E-state index < -0.39 is 11.7 Å². The van der Waals surface area contributed by atoms with Crippen molar-refractivity contribution in [3.05, 3.63) is 30.0 Å². The minimum Gasteiger partial charge on any atom is -0.267 e. The predicted octanol–water partition coefficient (Wildman–Crippen LogP) is 2.39. The first-order chi connectivity index (χ1) is 6.48. The third-order valence-corrected chi connectivity index (χ3v) is 1.99. The summed E-state index contributed by atoms with van der Waals surface area (Å²) in [5.41, 5.74) is -0.0350. The molecule has 0 saturated heterocycles. The Hall–Kier alpha value is -1.52. The summed E-state index contributed by atoms with van der Waals surface area (Å²) in [6.45, 7) is 0. The molecule has 0 aliphatic heterocycles. The molecule has 2 rings (SSSR count). The van der Waals surface area contributed by atoms with Crippen molar-refractivity contribution in [1.82, 2.24) is 9.78 Å². The number of aromatic nitrogens is 2. The Morgan fingerprint density at radius 2 is 2.07 bits per heavy atom. The zero-order chi connectivity index (χ0) is 10.3. The van der Waals surface area contributed by atoms with Gasteiger partial charge in [0.15, 0.2) is 0 Å². The van der Waals surface area contributed by atoms with Gasteiger partial charge in [-0.15, -0.1) is 0 Å². The molecule has 0 saturated carbocycles. The fraction of sp³-hybridized carbons (Fsp3) is 0.222. The van der Waals surface area contributed by atoms with Gasteiger partial charge in [-0.3, -0.25) is 4.68 Å². The van der Waals surface area contributed by atoms with E-state index in [-0.39, 0.29) is 0 Å². The molecule has 1 aromatic heterocycles. The van der Waals surface area contributed by atoms with Gasteiger partial charge in [0.05, 0.1) is 11.1 Å². The van der Waals surface area contributed by atoms with Gasteiger partial charge in [0, 0.05) is 12.4 Å². The average Bonchev–Trinajstić information content (AvgIpc) is 2.46. The lowest BCUT2D eigenvalue weighted by Crippen LogP contribution is -2.04. The minimum atomic E-state index is -4.31. The molecule has 2 nitrogen and oxygen atoms in total. The second-order valence-corrected chi connectivity index (χ2v) is 2.97. The molecule has 0 N–H and O–H groups in total. The number of halogens is 3. The van der Waals surface area contributed by atoms with Crippen LogP contribution in [0.15, 0.2) is 18.2 Å². The van der Waals surface area contributed by atoms with Crippen LogP contribution < -0.4 is 0 Å². The van der Waals surface area contributed by atoms with E-state index in [1.54, 1.807) is 7.05 Å². The van der Waals surface area contributed by atoms with Gasteiger partial charge in [0.2, 0.25) is 0 Å². The molecule has 5 heteroatoms. The number of aryl methyl sites for hydroxylation is 1. The second kappa shape index (κ2) is 2.73. The number of nitrogens with zero attached hydrogens (tertiary/aromatic N) is 2. The van der Waals surface area contributed by atoms with Crippen LogP contribution >= 0.6 is 0 Å². The first-order valence-corrected chi connectivity index (χ1v) is 3.90. The first-order valence-electron chi connectivity index (χ1n) is 3.90. The summed E-state index contributed by atoms with van der Waals surface area (Å²) in [5.74, 6) is 0. The van der Waals surface area contributed by atoms with Crippen LogP contribution in [0.25, 0.3) is 10.9 Å². The summed E-state index contributed by atoms with van der Waals surface area (Å²) in [6.07, 6.45) is -1.79. The molecular formula is C9H6F3N2. The van der Waals surface area contributed by atoms with Crippen molar-refractivity contribution >= 4 is 10.9 Å². The van der Waals surface area contributed by atoms with Crippen molar-refractivity contribution in [3.8, 4) is 0 Å². The Morgan fingerprint density at radius 1 is 1.36 bits per heavy atom. The van der Waals surface area contributed by atoms with Gasteiger partial charge in [-0.1, -0.05) is 0 Å². The average molecular weight is 199 g/mol. The van der Waals surface area contributed by atoms with Crippen molar-refractivity contribution in [1.29, 1.82) is 0 Å². The highest BCUT2D eigenvalue weighted by Gasteiger charge is 2.30. The van der Waals surface area contributed by atoms with Crippen molar-refractivity contribution in [2.45, 2.75) is 6.18 Å². The van der Waals surface area contributed by atoms with Gasteiger partial charge in [0.1, 0.15) is 6.20 Å². The van der Waals surface area contributed by atoms with Gasteiger partial charge in [-0.2, -0.15) is 18.3 Å². The van der Waals surface area contributed by atoms with E-state index in [0.717, 1.165) is 12.1 Å². The zero-order valence-electron chi connectivity index (χ0n) is 7.26. The molecule has 0 fully saturated rings. The Labute approximate surface area is 77.9 Å². The summed E-state index contributed by atoms with van der Waals surface area (Å²) >= 11 is 0. The SMILES string of the molecule is Cn1n[c]c2cc(C(F)(F)F)ccc21. The van der Waals surface area contributed by atoms with Crippen molar-refractivity contribution in [3.63, 3.8) is 0 Å². The van der Waals surface area contributed by atoms with Crippen LogP contribution in [0.4, 0.5) is 13.2 Å². The van der Waals surface area contributed by atoms with Crippen LogP contribution in [-0.4, -0.2) is 9.78 Å². The molecule has 14 heavy (non-hydrogen) atoms. The molecular weight excluding hydrogens is 193 g/mol. The molecule has 0 aliphatic carbocycles. The summed E-state index contributed by atoms with van der Waals surface area (Å²) in [4.78, 5) is 0. The van der Waals surface area contributed by atoms with Crippen molar-refractivity contribution in [2.75, 3.05) is 0 Å². The molecule has 0 bridgehead atoms. The number of benzene rings is 1. The quantitative estimate of drug-likeness (QED) is 0.637. The highest BCUT2D eigenvalue weighted by molar-refractivity contribution is 5.78. The molecule has 1 radical (unpaired) electrons. The van der Waals surface area contributed by atoms with E-state index in [0.29, 0.717) is 10.9 Å². The van der Waals surface area contributed by atoms with Crippen LogP contribution in [0.3, 0.4) is 0 Å². The zero-order valence-corrected chi connectivity index (χ0v) is 7.26. The maximum atomic E-state index is 12.3. The van der Waals surface area contributed by atoms with Crippen molar-refractivity contribution < 1.29 is 13.2 Å². The topological polar surface area (TPSA) is 17.8 Å². The molecule has 0 atom stereocenters. The van der Waals surface area contributed by atoms with E-state index in [1.807, 2.05) is 0 Å². The first kappa shape index (κ1) is 9.05. The number of hydrogen-bond donors (Lipinski definition) is 0. The summed E-state index contributed by atoms with van der Waals surface area (Å²) in [7, 11) is 1.66. The second-order valence-electron chi connectivity index (χ2n) is 2.97. The molecule has 0 aliphatic rings. The highest BCUT2D eigenvalue weighted by Crippen LogP contribution is 2.30. The smallest absolute Gasteiger partial charge is 0.267 e. The lowest BCUT2D eigenvalue weighted by atomic mass is 10.1. The molecule has 0 spiro atoms. The van der Waals surface area contributed by atoms with E-state index in [4.69, 9.17) is 0 Å². The molecule has 2 aromatic rings. The highest BCUT2D eigenvalue weighted by atomic mass is 19.4. The molecule has 1 aromatic carbocycles. The maximum absolute atomic E-state index is 12.3. The number of hydrogen-bond acceptors (Lipinski definition) is 1. The van der Waals surface area contributed by atoms with Crippen LogP contribution in [0.1, 0.15) is 5.56 Å². The van der Waals surface area contributed by atoms with E-state index in [2.05, 4.69) is 11.3 Å². The molecule has 0 amide bonds.